The van der Waals surface area contributed by atoms with E-state index in [1.807, 2.05) is 0 Å². The van der Waals surface area contributed by atoms with Crippen LogP contribution >= 0.6 is 0 Å². The Balaban J connectivity index is 2.77. The van der Waals surface area contributed by atoms with Gasteiger partial charge in [0.05, 0.1) is 0 Å². The van der Waals surface area contributed by atoms with E-state index in [2.05, 4.69) is 16.2 Å². The molecule has 0 saturated carbocycles. The standard InChI is InChI=1S/C12H12N2O4/c1-3-4-9(12(17)18)14-11(16)10-5-8(6-13-10)7(2)15/h1,5-6,9,13H,4H2,2H3,(H,14,16)(H,17,18). The van der Waals surface area contributed by atoms with Gasteiger partial charge < -0.3 is 15.4 Å². The monoisotopic (exact) mass is 248 g/mol. The van der Waals surface area contributed by atoms with Gasteiger partial charge in [-0.2, -0.15) is 0 Å². The number of hydrogen-bond acceptors (Lipinski definition) is 3. The van der Waals surface area contributed by atoms with E-state index >= 15 is 0 Å². The summed E-state index contributed by atoms with van der Waals surface area (Å²) < 4.78 is 0. The van der Waals surface area contributed by atoms with E-state index in [9.17, 15) is 14.4 Å². The Hall–Kier alpha value is -2.55. The topological polar surface area (TPSA) is 99.3 Å². The quantitative estimate of drug-likeness (QED) is 0.519. The van der Waals surface area contributed by atoms with Gasteiger partial charge in [-0.05, 0) is 13.0 Å². The number of aromatic nitrogens is 1. The van der Waals surface area contributed by atoms with Crippen LogP contribution < -0.4 is 5.32 Å². The molecular weight excluding hydrogens is 236 g/mol. The summed E-state index contributed by atoms with van der Waals surface area (Å²) in [6.45, 7) is 1.36. The van der Waals surface area contributed by atoms with Crippen LogP contribution in [0.25, 0.3) is 0 Å². The van der Waals surface area contributed by atoms with E-state index in [0.717, 1.165) is 0 Å². The number of carbonyl (C=O) groups excluding carboxylic acids is 2. The second-order valence-corrected chi connectivity index (χ2v) is 3.63. The number of carboxylic acid groups (broad SMARTS) is 1. The number of ketones is 1. The summed E-state index contributed by atoms with van der Waals surface area (Å²) in [6, 6.07) is 0.207. The predicted molar refractivity (Wildman–Crippen MR) is 63.1 cm³/mol. The zero-order valence-corrected chi connectivity index (χ0v) is 9.69. The first-order valence-corrected chi connectivity index (χ1v) is 5.12. The molecule has 6 nitrogen and oxygen atoms in total. The molecule has 1 rings (SSSR count). The molecule has 94 valence electrons. The number of nitrogens with one attached hydrogen (secondary N) is 2. The molecule has 18 heavy (non-hydrogen) atoms. The van der Waals surface area contributed by atoms with Crippen LogP contribution in [0, 0.1) is 12.3 Å². The van der Waals surface area contributed by atoms with Crippen molar-refractivity contribution in [1.29, 1.82) is 0 Å². The van der Waals surface area contributed by atoms with Gasteiger partial charge in [0, 0.05) is 18.2 Å². The second kappa shape index (κ2) is 5.68. The van der Waals surface area contributed by atoms with Crippen molar-refractivity contribution in [2.75, 3.05) is 0 Å². The van der Waals surface area contributed by atoms with E-state index in [1.165, 1.54) is 19.2 Å². The molecular formula is C12H12N2O4. The molecule has 1 atom stereocenters. The zero-order chi connectivity index (χ0) is 13.7. The summed E-state index contributed by atoms with van der Waals surface area (Å²) in [7, 11) is 0. The number of Topliss-reactive ketones (excluding diaryl/α,β-unsaturated/α-hetero) is 1. The summed E-state index contributed by atoms with van der Waals surface area (Å²) in [5.41, 5.74) is 0.465. The fraction of sp³-hybridized carbons (Fsp3) is 0.250. The molecule has 1 unspecified atom stereocenters. The van der Waals surface area contributed by atoms with E-state index in [0.29, 0.717) is 5.56 Å². The van der Waals surface area contributed by atoms with Gasteiger partial charge >= 0.3 is 5.97 Å². The number of rotatable bonds is 5. The lowest BCUT2D eigenvalue weighted by atomic mass is 10.2. The van der Waals surface area contributed by atoms with E-state index in [4.69, 9.17) is 11.5 Å². The number of hydrogen-bond donors (Lipinski definition) is 3. The minimum Gasteiger partial charge on any atom is -0.480 e. The largest absolute Gasteiger partial charge is 0.480 e. The van der Waals surface area contributed by atoms with Crippen molar-refractivity contribution in [1.82, 2.24) is 10.3 Å². The van der Waals surface area contributed by atoms with Crippen molar-refractivity contribution in [3.63, 3.8) is 0 Å². The average molecular weight is 248 g/mol. The van der Waals surface area contributed by atoms with Crippen LogP contribution in [-0.2, 0) is 4.79 Å². The van der Waals surface area contributed by atoms with Crippen LogP contribution in [0.4, 0.5) is 0 Å². The molecule has 3 N–H and O–H groups in total. The zero-order valence-electron chi connectivity index (χ0n) is 9.69. The van der Waals surface area contributed by atoms with Crippen LogP contribution in [0.2, 0.25) is 0 Å². The first-order chi connectivity index (χ1) is 8.45. The summed E-state index contributed by atoms with van der Waals surface area (Å²) >= 11 is 0. The molecule has 1 aromatic heterocycles. The number of aromatic amines is 1. The van der Waals surface area contributed by atoms with E-state index in [-0.39, 0.29) is 17.9 Å². The van der Waals surface area contributed by atoms with Gasteiger partial charge in [-0.25, -0.2) is 4.79 Å². The second-order valence-electron chi connectivity index (χ2n) is 3.63. The number of amides is 1. The molecule has 1 aromatic rings. The number of terminal acetylenes is 1. The highest BCUT2D eigenvalue weighted by Crippen LogP contribution is 2.05. The summed E-state index contributed by atoms with van der Waals surface area (Å²) in [4.78, 5) is 36.1. The maximum Gasteiger partial charge on any atom is 0.327 e. The Labute approximate surface area is 103 Å². The lowest BCUT2D eigenvalue weighted by Gasteiger charge is -2.10. The lowest BCUT2D eigenvalue weighted by molar-refractivity contribution is -0.139. The van der Waals surface area contributed by atoms with E-state index < -0.39 is 17.9 Å². The normalized spacial score (nSPS) is 11.3. The Bertz CT molecular complexity index is 524. The smallest absolute Gasteiger partial charge is 0.327 e. The molecule has 0 bridgehead atoms. The molecule has 1 heterocycles. The van der Waals surface area contributed by atoms with Crippen molar-refractivity contribution < 1.29 is 19.5 Å². The molecule has 0 aliphatic heterocycles. The third-order valence-corrected chi connectivity index (χ3v) is 2.26. The third-order valence-electron chi connectivity index (χ3n) is 2.26. The number of carbonyl (C=O) groups is 3. The third kappa shape index (κ3) is 3.22. The number of H-pyrrole nitrogens is 1. The first-order valence-electron chi connectivity index (χ1n) is 5.12. The van der Waals surface area contributed by atoms with Gasteiger partial charge in [-0.3, -0.25) is 9.59 Å². The van der Waals surface area contributed by atoms with Gasteiger partial charge in [0.25, 0.3) is 5.91 Å². The molecule has 0 fully saturated rings. The average Bonchev–Trinajstić information content (AvgIpc) is 2.77. The van der Waals surface area contributed by atoms with Gasteiger partial charge in [-0.15, -0.1) is 12.3 Å². The molecule has 0 aliphatic carbocycles. The maximum atomic E-state index is 11.7. The summed E-state index contributed by atoms with van der Waals surface area (Å²) in [5, 5.41) is 11.1. The van der Waals surface area contributed by atoms with Crippen molar-refractivity contribution >= 4 is 17.7 Å². The molecule has 6 heteroatoms. The van der Waals surface area contributed by atoms with Gasteiger partial charge in [0.15, 0.2) is 5.78 Å². The SMILES string of the molecule is C#CCC(NC(=O)c1cc(C(C)=O)c[nH]1)C(=O)O. The van der Waals surface area contributed by atoms with E-state index in [1.54, 1.807) is 0 Å². The molecule has 0 spiro atoms. The Kier molecular flexibility index (Phi) is 4.27. The highest BCUT2D eigenvalue weighted by Gasteiger charge is 2.20. The summed E-state index contributed by atoms with van der Waals surface area (Å²) in [5.74, 6) is 0.150. The number of carboxylic acids is 1. The van der Waals surface area contributed by atoms with Crippen LogP contribution in [0.15, 0.2) is 12.3 Å². The van der Waals surface area contributed by atoms with Gasteiger partial charge in [0.2, 0.25) is 0 Å². The van der Waals surface area contributed by atoms with Gasteiger partial charge in [0.1, 0.15) is 11.7 Å². The minimum atomic E-state index is -1.21. The van der Waals surface area contributed by atoms with Crippen LogP contribution in [-0.4, -0.2) is 33.8 Å². The van der Waals surface area contributed by atoms with Crippen molar-refractivity contribution in [3.8, 4) is 12.3 Å². The highest BCUT2D eigenvalue weighted by atomic mass is 16.4. The highest BCUT2D eigenvalue weighted by molar-refractivity contribution is 6.00. The Morgan fingerprint density at radius 2 is 2.22 bits per heavy atom. The van der Waals surface area contributed by atoms with Crippen molar-refractivity contribution in [2.45, 2.75) is 19.4 Å². The molecule has 0 radical (unpaired) electrons. The van der Waals surface area contributed by atoms with Gasteiger partial charge in [-0.1, -0.05) is 0 Å². The molecule has 0 aliphatic rings. The number of aliphatic carboxylic acids is 1. The molecule has 0 aromatic carbocycles. The molecule has 0 saturated heterocycles. The van der Waals surface area contributed by atoms with Crippen LogP contribution in [0.5, 0.6) is 0 Å². The lowest BCUT2D eigenvalue weighted by Crippen LogP contribution is -2.40. The maximum absolute atomic E-state index is 11.7. The first kappa shape index (κ1) is 13.5. The fourth-order valence-electron chi connectivity index (χ4n) is 1.28. The van der Waals surface area contributed by atoms with Crippen molar-refractivity contribution in [2.24, 2.45) is 0 Å². The predicted octanol–water partition coefficient (Wildman–Crippen LogP) is 0.424. The van der Waals surface area contributed by atoms with Crippen molar-refractivity contribution in [3.05, 3.63) is 23.5 Å². The van der Waals surface area contributed by atoms with Crippen LogP contribution in [0.1, 0.15) is 34.2 Å². The minimum absolute atomic E-state index is 0.110. The Morgan fingerprint density at radius 3 is 2.67 bits per heavy atom. The Morgan fingerprint density at radius 1 is 1.56 bits per heavy atom. The summed E-state index contributed by atoms with van der Waals surface area (Å²) in [6.07, 6.45) is 6.28. The fourth-order valence-corrected chi connectivity index (χ4v) is 1.28. The van der Waals surface area contributed by atoms with Crippen LogP contribution in [0.3, 0.4) is 0 Å². The molecule has 1 amide bonds.